The fourth-order valence-corrected chi connectivity index (χ4v) is 2.14. The van der Waals surface area contributed by atoms with E-state index in [1.807, 2.05) is 18.5 Å². The number of ether oxygens (including phenoxy) is 1. The molecule has 4 heteroatoms. The summed E-state index contributed by atoms with van der Waals surface area (Å²) in [5, 5.41) is 6.97. The highest BCUT2D eigenvalue weighted by molar-refractivity contribution is 5.48. The van der Waals surface area contributed by atoms with Gasteiger partial charge in [0.2, 0.25) is 0 Å². The maximum atomic E-state index is 5.45. The zero-order chi connectivity index (χ0) is 12.1. The van der Waals surface area contributed by atoms with Crippen molar-refractivity contribution in [1.82, 2.24) is 10.3 Å². The minimum absolute atomic E-state index is 0.414. The first-order chi connectivity index (χ1) is 8.25. The summed E-state index contributed by atoms with van der Waals surface area (Å²) >= 11 is 0. The van der Waals surface area contributed by atoms with Gasteiger partial charge in [0.15, 0.2) is 0 Å². The molecule has 0 aliphatic carbocycles. The Labute approximate surface area is 103 Å². The van der Waals surface area contributed by atoms with Crippen molar-refractivity contribution in [1.29, 1.82) is 0 Å². The van der Waals surface area contributed by atoms with E-state index < -0.39 is 0 Å². The van der Waals surface area contributed by atoms with Crippen LogP contribution in [0, 0.1) is 6.92 Å². The van der Waals surface area contributed by atoms with Gasteiger partial charge in [0.1, 0.15) is 0 Å². The largest absolute Gasteiger partial charge is 0.381 e. The highest BCUT2D eigenvalue weighted by atomic mass is 16.5. The highest BCUT2D eigenvalue weighted by Gasteiger charge is 2.16. The van der Waals surface area contributed by atoms with Crippen LogP contribution in [0.4, 0.5) is 5.69 Å². The number of nitrogens with one attached hydrogen (secondary N) is 2. The van der Waals surface area contributed by atoms with E-state index >= 15 is 0 Å². The van der Waals surface area contributed by atoms with Gasteiger partial charge in [-0.2, -0.15) is 0 Å². The van der Waals surface area contributed by atoms with Crippen LogP contribution in [-0.2, 0) is 4.74 Å². The van der Waals surface area contributed by atoms with Gasteiger partial charge in [-0.25, -0.2) is 0 Å². The Morgan fingerprint density at radius 2 is 2.53 bits per heavy atom. The lowest BCUT2D eigenvalue weighted by Crippen LogP contribution is -2.43. The van der Waals surface area contributed by atoms with E-state index in [4.69, 9.17) is 4.74 Å². The maximum Gasteiger partial charge on any atom is 0.0621 e. The van der Waals surface area contributed by atoms with Gasteiger partial charge in [-0.15, -0.1) is 0 Å². The van der Waals surface area contributed by atoms with E-state index in [2.05, 4.69) is 29.5 Å². The molecule has 2 atom stereocenters. The molecule has 0 bridgehead atoms. The van der Waals surface area contributed by atoms with Crippen LogP contribution in [-0.4, -0.2) is 36.8 Å². The second-order valence-corrected chi connectivity index (χ2v) is 4.70. The van der Waals surface area contributed by atoms with E-state index in [0.29, 0.717) is 12.1 Å². The molecule has 0 aromatic carbocycles. The predicted octanol–water partition coefficient (Wildman–Crippen LogP) is 1.57. The van der Waals surface area contributed by atoms with E-state index in [1.54, 1.807) is 0 Å². The summed E-state index contributed by atoms with van der Waals surface area (Å²) < 4.78 is 5.45. The number of hydrogen-bond acceptors (Lipinski definition) is 4. The Bertz CT molecular complexity index is 350. The van der Waals surface area contributed by atoms with Gasteiger partial charge >= 0.3 is 0 Å². The lowest BCUT2D eigenvalue weighted by molar-refractivity contribution is 0.0731. The molecule has 1 fully saturated rings. The van der Waals surface area contributed by atoms with Crippen LogP contribution >= 0.6 is 0 Å². The average Bonchev–Trinajstić information content (AvgIpc) is 2.33. The van der Waals surface area contributed by atoms with Crippen molar-refractivity contribution >= 4 is 5.69 Å². The van der Waals surface area contributed by atoms with Crippen molar-refractivity contribution in [3.05, 3.63) is 24.0 Å². The minimum Gasteiger partial charge on any atom is -0.381 e. The third-order valence-electron chi connectivity index (χ3n) is 3.08. The molecule has 2 heterocycles. The number of nitrogens with zero attached hydrogens (tertiary/aromatic N) is 1. The summed E-state index contributed by atoms with van der Waals surface area (Å²) in [6.07, 6.45) is 4.77. The number of rotatable bonds is 4. The van der Waals surface area contributed by atoms with Crippen LogP contribution in [0.15, 0.2) is 18.5 Å². The molecule has 1 aromatic heterocycles. The first kappa shape index (κ1) is 12.3. The van der Waals surface area contributed by atoms with Crippen molar-refractivity contribution < 1.29 is 4.74 Å². The SMILES string of the molecule is Cc1ccncc1NC(C)CC1COCCN1. The van der Waals surface area contributed by atoms with E-state index in [-0.39, 0.29) is 0 Å². The number of hydrogen-bond donors (Lipinski definition) is 2. The molecule has 1 saturated heterocycles. The zero-order valence-corrected chi connectivity index (χ0v) is 10.6. The van der Waals surface area contributed by atoms with Gasteiger partial charge in [0.25, 0.3) is 0 Å². The number of anilines is 1. The van der Waals surface area contributed by atoms with Crippen molar-refractivity contribution in [2.24, 2.45) is 0 Å². The molecular formula is C13H21N3O. The second-order valence-electron chi connectivity index (χ2n) is 4.70. The molecule has 2 unspecified atom stereocenters. The molecule has 0 spiro atoms. The van der Waals surface area contributed by atoms with Crippen LogP contribution in [0.1, 0.15) is 18.9 Å². The molecule has 1 aliphatic rings. The highest BCUT2D eigenvalue weighted by Crippen LogP contribution is 2.14. The van der Waals surface area contributed by atoms with Gasteiger partial charge in [-0.3, -0.25) is 4.98 Å². The summed E-state index contributed by atoms with van der Waals surface area (Å²) in [6, 6.07) is 2.90. The van der Waals surface area contributed by atoms with E-state index in [9.17, 15) is 0 Å². The van der Waals surface area contributed by atoms with Crippen LogP contribution in [0.5, 0.6) is 0 Å². The summed E-state index contributed by atoms with van der Waals surface area (Å²) in [6.45, 7) is 6.91. The van der Waals surface area contributed by atoms with Crippen LogP contribution in [0.3, 0.4) is 0 Å². The minimum atomic E-state index is 0.414. The molecule has 1 aliphatic heterocycles. The molecule has 0 radical (unpaired) electrons. The Balaban J connectivity index is 1.84. The molecule has 17 heavy (non-hydrogen) atoms. The number of aromatic nitrogens is 1. The quantitative estimate of drug-likeness (QED) is 0.831. The monoisotopic (exact) mass is 235 g/mol. The van der Waals surface area contributed by atoms with Crippen LogP contribution in [0.25, 0.3) is 0 Å². The molecule has 2 rings (SSSR count). The molecular weight excluding hydrogens is 214 g/mol. The van der Waals surface area contributed by atoms with E-state index in [0.717, 1.165) is 31.9 Å². The fourth-order valence-electron chi connectivity index (χ4n) is 2.14. The molecule has 0 saturated carbocycles. The standard InChI is InChI=1S/C13H21N3O/c1-10-3-4-14-8-13(10)16-11(2)7-12-9-17-6-5-15-12/h3-4,8,11-12,15-16H,5-7,9H2,1-2H3. The van der Waals surface area contributed by atoms with Crippen molar-refractivity contribution in [3.8, 4) is 0 Å². The van der Waals surface area contributed by atoms with Gasteiger partial charge in [0.05, 0.1) is 25.1 Å². The van der Waals surface area contributed by atoms with Crippen LogP contribution in [0.2, 0.25) is 0 Å². The Kier molecular flexibility index (Phi) is 4.34. The van der Waals surface area contributed by atoms with Gasteiger partial charge < -0.3 is 15.4 Å². The lowest BCUT2D eigenvalue weighted by atomic mass is 10.1. The summed E-state index contributed by atoms with van der Waals surface area (Å²) in [5.74, 6) is 0. The normalized spacial score (nSPS) is 22.1. The Morgan fingerprint density at radius 3 is 3.24 bits per heavy atom. The molecule has 2 N–H and O–H groups in total. The van der Waals surface area contributed by atoms with E-state index in [1.165, 1.54) is 5.56 Å². The molecule has 4 nitrogen and oxygen atoms in total. The molecule has 1 aromatic rings. The van der Waals surface area contributed by atoms with Gasteiger partial charge in [-0.1, -0.05) is 0 Å². The molecule has 94 valence electrons. The first-order valence-electron chi connectivity index (χ1n) is 6.24. The third-order valence-corrected chi connectivity index (χ3v) is 3.08. The topological polar surface area (TPSA) is 46.2 Å². The van der Waals surface area contributed by atoms with Crippen LogP contribution < -0.4 is 10.6 Å². The first-order valence-corrected chi connectivity index (χ1v) is 6.24. The number of morpholine rings is 1. The van der Waals surface area contributed by atoms with Crippen molar-refractivity contribution in [2.45, 2.75) is 32.4 Å². The lowest BCUT2D eigenvalue weighted by Gasteiger charge is -2.27. The fraction of sp³-hybridized carbons (Fsp3) is 0.615. The van der Waals surface area contributed by atoms with Gasteiger partial charge in [0, 0.05) is 24.8 Å². The average molecular weight is 235 g/mol. The second kappa shape index (κ2) is 5.98. The summed E-state index contributed by atoms with van der Waals surface area (Å²) in [7, 11) is 0. The smallest absolute Gasteiger partial charge is 0.0621 e. The summed E-state index contributed by atoms with van der Waals surface area (Å²) in [4.78, 5) is 4.14. The van der Waals surface area contributed by atoms with Gasteiger partial charge in [-0.05, 0) is 31.9 Å². The molecule has 0 amide bonds. The summed E-state index contributed by atoms with van der Waals surface area (Å²) in [5.41, 5.74) is 2.36. The number of aryl methyl sites for hydroxylation is 1. The Hall–Kier alpha value is -1.13. The van der Waals surface area contributed by atoms with Crippen molar-refractivity contribution in [3.63, 3.8) is 0 Å². The third kappa shape index (κ3) is 3.68. The maximum absolute atomic E-state index is 5.45. The number of pyridine rings is 1. The predicted molar refractivity (Wildman–Crippen MR) is 69.3 cm³/mol. The Morgan fingerprint density at radius 1 is 1.65 bits per heavy atom. The zero-order valence-electron chi connectivity index (χ0n) is 10.6. The van der Waals surface area contributed by atoms with Crippen molar-refractivity contribution in [2.75, 3.05) is 25.1 Å².